The molecule has 0 saturated heterocycles. The fourth-order valence-electron chi connectivity index (χ4n) is 2.27. The van der Waals surface area contributed by atoms with Gasteiger partial charge in [0.2, 0.25) is 0 Å². The van der Waals surface area contributed by atoms with Gasteiger partial charge in [0, 0.05) is 29.2 Å². The highest BCUT2D eigenvalue weighted by molar-refractivity contribution is 5.83. The van der Waals surface area contributed by atoms with Gasteiger partial charge in [-0.25, -0.2) is 5.11 Å². The maximum atomic E-state index is 10.5. The molecule has 0 amide bonds. The van der Waals surface area contributed by atoms with E-state index in [1.54, 1.807) is 0 Å². The number of hydrogen-bond donors (Lipinski definition) is 3. The van der Waals surface area contributed by atoms with E-state index in [1.165, 1.54) is 10.9 Å². The maximum Gasteiger partial charge on any atom is 0.109 e. The van der Waals surface area contributed by atoms with Crippen molar-refractivity contribution in [3.63, 3.8) is 0 Å². The standard InChI is InChI=1S/C15H21N2O2/c1-15(2,17-9-12(19)10-18)7-11-8-16-14-6-4-3-5-13(11)14/h3-6,8,12,16-17,19H,7,9-10H2,1-2H3. The molecule has 0 bridgehead atoms. The quantitative estimate of drug-likeness (QED) is 0.743. The van der Waals surface area contributed by atoms with E-state index >= 15 is 0 Å². The third kappa shape index (κ3) is 3.56. The number of aliphatic hydroxyl groups is 1. The second kappa shape index (κ2) is 5.74. The van der Waals surface area contributed by atoms with Crippen molar-refractivity contribution in [3.05, 3.63) is 36.0 Å². The number of H-pyrrole nitrogens is 1. The lowest BCUT2D eigenvalue weighted by Crippen LogP contribution is -2.45. The summed E-state index contributed by atoms with van der Waals surface area (Å²) in [5, 5.41) is 24.4. The van der Waals surface area contributed by atoms with Gasteiger partial charge in [-0.3, -0.25) is 0 Å². The highest BCUT2D eigenvalue weighted by Gasteiger charge is 2.20. The van der Waals surface area contributed by atoms with E-state index in [4.69, 9.17) is 0 Å². The van der Waals surface area contributed by atoms with Crippen LogP contribution >= 0.6 is 0 Å². The largest absolute Gasteiger partial charge is 0.389 e. The van der Waals surface area contributed by atoms with Crippen LogP contribution in [0.4, 0.5) is 0 Å². The third-order valence-electron chi connectivity index (χ3n) is 3.32. The topological polar surface area (TPSA) is 67.9 Å². The van der Waals surface area contributed by atoms with Gasteiger partial charge >= 0.3 is 0 Å². The molecule has 2 rings (SSSR count). The van der Waals surface area contributed by atoms with E-state index < -0.39 is 12.7 Å². The second-order valence-corrected chi connectivity index (χ2v) is 5.62. The number of benzene rings is 1. The molecule has 1 atom stereocenters. The zero-order valence-corrected chi connectivity index (χ0v) is 11.4. The summed E-state index contributed by atoms with van der Waals surface area (Å²) >= 11 is 0. The molecule has 103 valence electrons. The van der Waals surface area contributed by atoms with Crippen molar-refractivity contribution in [2.45, 2.75) is 31.9 Å². The Bertz CT molecular complexity index is 534. The summed E-state index contributed by atoms with van der Waals surface area (Å²) < 4.78 is 0. The minimum atomic E-state index is -0.817. The first-order valence-corrected chi connectivity index (χ1v) is 6.58. The zero-order chi connectivity index (χ0) is 13.9. The van der Waals surface area contributed by atoms with Gasteiger partial charge in [-0.15, -0.1) is 0 Å². The number of rotatable bonds is 6. The van der Waals surface area contributed by atoms with Crippen molar-refractivity contribution >= 4 is 10.9 Å². The molecule has 0 fully saturated rings. The first-order valence-electron chi connectivity index (χ1n) is 6.58. The number of aromatic nitrogens is 1. The van der Waals surface area contributed by atoms with Crippen LogP contribution in [0.1, 0.15) is 19.4 Å². The van der Waals surface area contributed by atoms with Gasteiger partial charge in [0.05, 0.1) is 6.10 Å². The average Bonchev–Trinajstić information content (AvgIpc) is 2.79. The van der Waals surface area contributed by atoms with Crippen LogP contribution < -0.4 is 5.32 Å². The van der Waals surface area contributed by atoms with Crippen LogP contribution in [0.5, 0.6) is 0 Å². The van der Waals surface area contributed by atoms with Crippen LogP contribution in [0.15, 0.2) is 30.5 Å². The molecule has 1 unspecified atom stereocenters. The minimum absolute atomic E-state index is 0.166. The number of para-hydroxylation sites is 1. The van der Waals surface area contributed by atoms with Crippen LogP contribution in [0, 0.1) is 0 Å². The van der Waals surface area contributed by atoms with Crippen LogP contribution in [0.3, 0.4) is 0 Å². The van der Waals surface area contributed by atoms with Crippen molar-refractivity contribution in [1.29, 1.82) is 0 Å². The van der Waals surface area contributed by atoms with Gasteiger partial charge in [0.15, 0.2) is 0 Å². The Labute approximate surface area is 113 Å². The van der Waals surface area contributed by atoms with Crippen LogP contribution in [0.2, 0.25) is 0 Å². The number of nitrogens with one attached hydrogen (secondary N) is 2. The maximum absolute atomic E-state index is 10.5. The van der Waals surface area contributed by atoms with Gasteiger partial charge in [0.25, 0.3) is 0 Å². The van der Waals surface area contributed by atoms with Crippen molar-refractivity contribution in [1.82, 2.24) is 10.3 Å². The smallest absolute Gasteiger partial charge is 0.109 e. The van der Waals surface area contributed by atoms with Crippen LogP contribution in [-0.4, -0.2) is 34.9 Å². The average molecular weight is 261 g/mol. The van der Waals surface area contributed by atoms with E-state index in [-0.39, 0.29) is 5.54 Å². The third-order valence-corrected chi connectivity index (χ3v) is 3.32. The lowest BCUT2D eigenvalue weighted by molar-refractivity contribution is 0.0510. The van der Waals surface area contributed by atoms with Crippen molar-refractivity contribution < 1.29 is 10.2 Å². The Hall–Kier alpha value is -1.36. The molecule has 1 aromatic heterocycles. The summed E-state index contributed by atoms with van der Waals surface area (Å²) in [7, 11) is 0. The molecule has 3 N–H and O–H groups in total. The molecule has 0 aliphatic rings. The van der Waals surface area contributed by atoms with Gasteiger partial charge in [-0.05, 0) is 31.9 Å². The van der Waals surface area contributed by atoms with E-state index in [0.717, 1.165) is 11.9 Å². The fourth-order valence-corrected chi connectivity index (χ4v) is 2.27. The molecule has 1 heterocycles. The molecular weight excluding hydrogens is 240 g/mol. The number of hydrogen-bond acceptors (Lipinski definition) is 2. The first-order chi connectivity index (χ1) is 9.02. The molecule has 19 heavy (non-hydrogen) atoms. The van der Waals surface area contributed by atoms with E-state index in [9.17, 15) is 10.2 Å². The molecule has 4 nitrogen and oxygen atoms in total. The first kappa shape index (κ1) is 14.1. The molecule has 0 saturated carbocycles. The summed E-state index contributed by atoms with van der Waals surface area (Å²) in [5.41, 5.74) is 2.21. The van der Waals surface area contributed by atoms with Crippen molar-refractivity contribution in [2.75, 3.05) is 13.2 Å². The molecule has 0 spiro atoms. The number of β-amino-alcohol motifs (C(OH)–C–C–N with tert-alkyl or cyclic N) is 1. The van der Waals surface area contributed by atoms with Gasteiger partial charge in [-0.1, -0.05) is 18.2 Å². The Balaban J connectivity index is 2.07. The summed E-state index contributed by atoms with van der Waals surface area (Å²) in [6.45, 7) is 4.02. The summed E-state index contributed by atoms with van der Waals surface area (Å²) in [5.74, 6) is 0. The van der Waals surface area contributed by atoms with Crippen LogP contribution in [0.25, 0.3) is 10.9 Å². The normalized spacial score (nSPS) is 13.9. The number of aromatic amines is 1. The highest BCUT2D eigenvalue weighted by atomic mass is 16.3. The molecular formula is C15H21N2O2. The lowest BCUT2D eigenvalue weighted by Gasteiger charge is -2.27. The number of fused-ring (bicyclic) bond motifs is 1. The second-order valence-electron chi connectivity index (χ2n) is 5.62. The molecule has 4 heteroatoms. The predicted molar refractivity (Wildman–Crippen MR) is 75.6 cm³/mol. The molecule has 0 aliphatic heterocycles. The Morgan fingerprint density at radius 3 is 2.84 bits per heavy atom. The van der Waals surface area contributed by atoms with Crippen molar-refractivity contribution in [2.24, 2.45) is 0 Å². The fraction of sp³-hybridized carbons (Fsp3) is 0.467. The van der Waals surface area contributed by atoms with Gasteiger partial charge in [-0.2, -0.15) is 0 Å². The highest BCUT2D eigenvalue weighted by Crippen LogP contribution is 2.22. The van der Waals surface area contributed by atoms with E-state index in [2.05, 4.69) is 36.3 Å². The van der Waals surface area contributed by atoms with Gasteiger partial charge < -0.3 is 15.4 Å². The summed E-state index contributed by atoms with van der Waals surface area (Å²) in [6, 6.07) is 8.20. The van der Waals surface area contributed by atoms with E-state index in [0.29, 0.717) is 6.54 Å². The summed E-state index contributed by atoms with van der Waals surface area (Å²) in [4.78, 5) is 3.26. The van der Waals surface area contributed by atoms with Crippen molar-refractivity contribution in [3.8, 4) is 0 Å². The Kier molecular flexibility index (Phi) is 4.24. The summed E-state index contributed by atoms with van der Waals surface area (Å²) in [6.07, 6.45) is 2.04. The Morgan fingerprint density at radius 2 is 2.11 bits per heavy atom. The molecule has 1 aromatic carbocycles. The Morgan fingerprint density at radius 1 is 1.37 bits per heavy atom. The molecule has 1 radical (unpaired) electrons. The number of aliphatic hydroxyl groups excluding tert-OH is 1. The minimum Gasteiger partial charge on any atom is -0.389 e. The van der Waals surface area contributed by atoms with Crippen LogP contribution in [-0.2, 0) is 11.5 Å². The van der Waals surface area contributed by atoms with Gasteiger partial charge in [0.1, 0.15) is 6.61 Å². The molecule has 0 aliphatic carbocycles. The predicted octanol–water partition coefficient (Wildman–Crippen LogP) is 1.87. The zero-order valence-electron chi connectivity index (χ0n) is 11.4. The van der Waals surface area contributed by atoms with E-state index in [1.807, 2.05) is 18.3 Å². The molecule has 2 aromatic rings. The lowest BCUT2D eigenvalue weighted by atomic mass is 9.94. The SMILES string of the molecule is CC(C)(Cc1c[nH]c2ccccc12)NCC(O)C[O]. The monoisotopic (exact) mass is 261 g/mol.